The summed E-state index contributed by atoms with van der Waals surface area (Å²) < 4.78 is 2.32. The van der Waals surface area contributed by atoms with Crippen molar-refractivity contribution in [3.05, 3.63) is 6.07 Å². The fourth-order valence-corrected chi connectivity index (χ4v) is 3.27. The first-order valence-electron chi connectivity index (χ1n) is 3.33. The van der Waals surface area contributed by atoms with E-state index in [-0.39, 0.29) is 0 Å². The first-order chi connectivity index (χ1) is 5.69. The van der Waals surface area contributed by atoms with Crippen LogP contribution < -0.4 is 20.4 Å². The summed E-state index contributed by atoms with van der Waals surface area (Å²) in [5.41, 5.74) is 11.4. The van der Waals surface area contributed by atoms with E-state index >= 15 is 0 Å². The zero-order valence-electron chi connectivity index (χ0n) is 7.00. The number of aromatic nitrogens is 1. The van der Waals surface area contributed by atoms with Crippen molar-refractivity contribution < 1.29 is 0 Å². The number of nitrogens with two attached hydrogens (primary N) is 2. The van der Waals surface area contributed by atoms with E-state index in [0.717, 1.165) is 8.92 Å². The molecule has 0 amide bonds. The average Bonchev–Trinajstić information content (AvgIpc) is 2.05. The van der Waals surface area contributed by atoms with Gasteiger partial charge in [-0.1, -0.05) is 0 Å². The van der Waals surface area contributed by atoms with E-state index in [1.54, 1.807) is 0 Å². The van der Waals surface area contributed by atoms with E-state index in [9.17, 15) is 0 Å². The van der Waals surface area contributed by atoms with Crippen LogP contribution >= 0.6 is 0 Å². The van der Waals surface area contributed by atoms with Crippen LogP contribution in [0.5, 0.6) is 0 Å². The molecular formula is C7H11N3Se2. The molecule has 0 aliphatic carbocycles. The number of nitrogen functional groups attached to an aromatic ring is 2. The monoisotopic (exact) mass is 297 g/mol. The van der Waals surface area contributed by atoms with E-state index in [1.165, 1.54) is 0 Å². The van der Waals surface area contributed by atoms with Gasteiger partial charge in [-0.15, -0.1) is 0 Å². The normalized spacial score (nSPS) is 10.2. The summed E-state index contributed by atoms with van der Waals surface area (Å²) in [4.78, 5) is 4.10. The van der Waals surface area contributed by atoms with Crippen LogP contribution in [0.4, 0.5) is 11.6 Å². The molecular weight excluding hydrogens is 284 g/mol. The van der Waals surface area contributed by atoms with Gasteiger partial charge in [-0.2, -0.15) is 0 Å². The summed E-state index contributed by atoms with van der Waals surface area (Å²) in [5, 5.41) is 0. The van der Waals surface area contributed by atoms with Gasteiger partial charge in [-0.05, 0) is 0 Å². The molecule has 0 aromatic carbocycles. The van der Waals surface area contributed by atoms with E-state index in [1.807, 2.05) is 0 Å². The third kappa shape index (κ3) is 1.93. The molecule has 0 radical (unpaired) electrons. The summed E-state index contributed by atoms with van der Waals surface area (Å²) in [5.74, 6) is 5.46. The number of anilines is 2. The third-order valence-corrected chi connectivity index (χ3v) is 4.67. The fourth-order valence-electron chi connectivity index (χ4n) is 0.834. The van der Waals surface area contributed by atoms with Crippen molar-refractivity contribution in [3.63, 3.8) is 0 Å². The molecule has 0 aliphatic rings. The molecule has 5 heteroatoms. The van der Waals surface area contributed by atoms with Crippen LogP contribution in [0.15, 0.2) is 6.07 Å². The molecule has 0 atom stereocenters. The van der Waals surface area contributed by atoms with Crippen molar-refractivity contribution in [2.45, 2.75) is 11.6 Å². The first-order valence-corrected chi connectivity index (χ1v) is 8.47. The number of hydrogen-bond acceptors (Lipinski definition) is 3. The van der Waals surface area contributed by atoms with Crippen molar-refractivity contribution in [2.24, 2.45) is 0 Å². The van der Waals surface area contributed by atoms with Gasteiger partial charge in [-0.3, -0.25) is 0 Å². The summed E-state index contributed by atoms with van der Waals surface area (Å²) >= 11 is 0.815. The minimum atomic E-state index is 0.408. The maximum atomic E-state index is 5.69. The van der Waals surface area contributed by atoms with Crippen LogP contribution in [0.2, 0.25) is 11.6 Å². The number of rotatable bonds is 2. The van der Waals surface area contributed by atoms with Crippen LogP contribution in [-0.2, 0) is 0 Å². The van der Waals surface area contributed by atoms with Crippen molar-refractivity contribution >= 4 is 50.5 Å². The van der Waals surface area contributed by atoms with Gasteiger partial charge < -0.3 is 0 Å². The number of pyridine rings is 1. The summed E-state index contributed by atoms with van der Waals surface area (Å²) in [6.45, 7) is 0. The van der Waals surface area contributed by atoms with Gasteiger partial charge in [0.05, 0.1) is 0 Å². The molecule has 1 heterocycles. The van der Waals surface area contributed by atoms with E-state index in [0.29, 0.717) is 41.5 Å². The molecule has 0 aliphatic heterocycles. The van der Waals surface area contributed by atoms with Gasteiger partial charge in [-0.25, -0.2) is 0 Å². The molecule has 0 spiro atoms. The van der Waals surface area contributed by atoms with Crippen LogP contribution in [-0.4, -0.2) is 34.9 Å². The molecule has 1 rings (SSSR count). The molecule has 1 aromatic rings. The van der Waals surface area contributed by atoms with Gasteiger partial charge in [0.1, 0.15) is 0 Å². The summed E-state index contributed by atoms with van der Waals surface area (Å²) in [7, 11) is 0. The molecule has 1 aromatic heterocycles. The zero-order chi connectivity index (χ0) is 9.14. The summed E-state index contributed by atoms with van der Waals surface area (Å²) in [6.07, 6.45) is 0. The maximum absolute atomic E-state index is 5.69. The van der Waals surface area contributed by atoms with E-state index in [4.69, 9.17) is 11.5 Å². The predicted molar refractivity (Wildman–Crippen MR) is 55.6 cm³/mol. The van der Waals surface area contributed by atoms with Crippen LogP contribution in [0.1, 0.15) is 0 Å². The van der Waals surface area contributed by atoms with Crippen molar-refractivity contribution in [3.8, 4) is 0 Å². The Morgan fingerprint density at radius 3 is 1.83 bits per heavy atom. The fraction of sp³-hybridized carbons (Fsp3) is 0.286. The molecule has 12 heavy (non-hydrogen) atoms. The summed E-state index contributed by atoms with van der Waals surface area (Å²) in [6, 6.07) is 2.09. The van der Waals surface area contributed by atoms with Crippen LogP contribution in [0, 0.1) is 0 Å². The Balaban J connectivity index is 3.18. The third-order valence-electron chi connectivity index (χ3n) is 1.45. The molecule has 4 N–H and O–H groups in total. The molecule has 0 saturated heterocycles. The second-order valence-corrected chi connectivity index (χ2v) is 5.72. The van der Waals surface area contributed by atoms with Gasteiger partial charge in [0.25, 0.3) is 0 Å². The van der Waals surface area contributed by atoms with Gasteiger partial charge in [0.2, 0.25) is 0 Å². The van der Waals surface area contributed by atoms with E-state index < -0.39 is 0 Å². The van der Waals surface area contributed by atoms with Gasteiger partial charge in [0, 0.05) is 0 Å². The number of hydrogen-bond donors (Lipinski definition) is 2. The Morgan fingerprint density at radius 1 is 1.08 bits per heavy atom. The second kappa shape index (κ2) is 4.15. The van der Waals surface area contributed by atoms with Crippen LogP contribution in [0.3, 0.4) is 0 Å². The van der Waals surface area contributed by atoms with Gasteiger partial charge in [0.15, 0.2) is 0 Å². The van der Waals surface area contributed by atoms with Crippen molar-refractivity contribution in [1.82, 2.24) is 4.98 Å². The molecule has 66 valence electrons. The zero-order valence-corrected chi connectivity index (χ0v) is 10.4. The Bertz CT molecular complexity index is 263. The Hall–Kier alpha value is -0.211. The quantitative estimate of drug-likeness (QED) is 0.688. The minimum absolute atomic E-state index is 0.408. The topological polar surface area (TPSA) is 64.9 Å². The SMILES string of the molecule is C[Se]c1cc([Se]C)c(N)nc1N. The number of nitrogens with zero attached hydrogens (tertiary/aromatic N) is 1. The van der Waals surface area contributed by atoms with Crippen LogP contribution in [0.25, 0.3) is 0 Å². The predicted octanol–water partition coefficient (Wildman–Crippen LogP) is -0.999. The van der Waals surface area contributed by atoms with E-state index in [2.05, 4.69) is 22.7 Å². The second-order valence-electron chi connectivity index (χ2n) is 2.16. The first kappa shape index (κ1) is 9.87. The Kier molecular flexibility index (Phi) is 3.41. The van der Waals surface area contributed by atoms with Crippen molar-refractivity contribution in [2.75, 3.05) is 11.5 Å². The molecule has 0 fully saturated rings. The van der Waals surface area contributed by atoms with Gasteiger partial charge >= 0.3 is 84.6 Å². The molecule has 0 bridgehead atoms. The molecule has 0 saturated carbocycles. The Morgan fingerprint density at radius 2 is 1.50 bits per heavy atom. The standard InChI is InChI=1S/C7H11N3Se2/c1-11-4-3-5(12-2)7(9)10-6(4)8/h3H,1-2H3,(H4,8,9,10). The molecule has 0 unspecified atom stereocenters. The Labute approximate surface area is 84.6 Å². The van der Waals surface area contributed by atoms with Crippen molar-refractivity contribution in [1.29, 1.82) is 0 Å². The molecule has 3 nitrogen and oxygen atoms in total. The average molecular weight is 295 g/mol.